The fourth-order valence-electron chi connectivity index (χ4n) is 3.71. The monoisotopic (exact) mass is 559 g/mol. The Morgan fingerprint density at radius 3 is 2.41 bits per heavy atom. The maximum atomic E-state index is 11.3. The largest absolute Gasteiger partial charge is 0.493 e. The number of rotatable bonds is 11. The molecular formula is C24H42IN5O2. The van der Waals surface area contributed by atoms with Crippen molar-refractivity contribution in [3.05, 3.63) is 29.8 Å². The van der Waals surface area contributed by atoms with Gasteiger partial charge in [-0.2, -0.15) is 0 Å². The third kappa shape index (κ3) is 10.4. The molecule has 0 radical (unpaired) electrons. The number of halogens is 1. The molecule has 1 aliphatic rings. The topological polar surface area (TPSA) is 92.0 Å². The van der Waals surface area contributed by atoms with E-state index in [9.17, 15) is 4.79 Å². The second kappa shape index (κ2) is 15.3. The highest BCUT2D eigenvalue weighted by Crippen LogP contribution is 2.18. The van der Waals surface area contributed by atoms with Crippen LogP contribution in [0.1, 0.15) is 58.1 Å². The average molecular weight is 560 g/mol. The lowest BCUT2D eigenvalue weighted by molar-refractivity contribution is -0.123. The lowest BCUT2D eigenvalue weighted by atomic mass is 9.96. The standard InChI is InChI=1S/C24H41N5O2.HI/c1-18(2)17-31-22-9-7-20(8-10-22)19(3)28-24(26-4)27-13-5-6-14-29-15-11-21(12-16-29)23(25)30;/h7-10,18-19,21H,5-6,11-17H2,1-4H3,(H2,25,30)(H2,26,27,28);1H. The normalized spacial score (nSPS) is 16.3. The lowest BCUT2D eigenvalue weighted by Crippen LogP contribution is -2.40. The van der Waals surface area contributed by atoms with E-state index < -0.39 is 0 Å². The van der Waals surface area contributed by atoms with Crippen molar-refractivity contribution >= 4 is 35.8 Å². The van der Waals surface area contributed by atoms with Crippen LogP contribution in [0.2, 0.25) is 0 Å². The Hall–Kier alpha value is -1.55. The maximum absolute atomic E-state index is 11.3. The third-order valence-corrected chi connectivity index (χ3v) is 5.72. The molecule has 1 saturated heterocycles. The van der Waals surface area contributed by atoms with Gasteiger partial charge in [0.25, 0.3) is 0 Å². The molecule has 1 fully saturated rings. The van der Waals surface area contributed by atoms with Gasteiger partial charge in [-0.15, -0.1) is 24.0 Å². The number of hydrogen-bond donors (Lipinski definition) is 3. The first-order valence-corrected chi connectivity index (χ1v) is 11.6. The van der Waals surface area contributed by atoms with Crippen molar-refractivity contribution in [2.45, 2.75) is 52.5 Å². The summed E-state index contributed by atoms with van der Waals surface area (Å²) >= 11 is 0. The fraction of sp³-hybridized carbons (Fsp3) is 0.667. The molecule has 8 heteroatoms. The number of ether oxygens (including phenoxy) is 1. The molecule has 1 unspecified atom stereocenters. The summed E-state index contributed by atoms with van der Waals surface area (Å²) in [6.45, 7) is 11.1. The smallest absolute Gasteiger partial charge is 0.220 e. The number of likely N-dealkylation sites (tertiary alicyclic amines) is 1. The Morgan fingerprint density at radius 1 is 1.19 bits per heavy atom. The van der Waals surface area contributed by atoms with E-state index in [1.807, 2.05) is 12.1 Å². The van der Waals surface area contributed by atoms with Crippen molar-refractivity contribution in [1.82, 2.24) is 15.5 Å². The highest BCUT2D eigenvalue weighted by Gasteiger charge is 2.22. The van der Waals surface area contributed by atoms with Crippen LogP contribution in [0.4, 0.5) is 0 Å². The average Bonchev–Trinajstić information content (AvgIpc) is 2.77. The molecule has 0 bridgehead atoms. The zero-order valence-corrected chi connectivity index (χ0v) is 22.4. The van der Waals surface area contributed by atoms with E-state index in [4.69, 9.17) is 10.5 Å². The minimum absolute atomic E-state index is 0. The van der Waals surface area contributed by atoms with Crippen molar-refractivity contribution in [1.29, 1.82) is 0 Å². The Kier molecular flexibility index (Phi) is 13.6. The van der Waals surface area contributed by atoms with E-state index in [1.54, 1.807) is 7.05 Å². The molecule has 1 heterocycles. The molecule has 0 spiro atoms. The Balaban J connectivity index is 0.00000512. The van der Waals surface area contributed by atoms with Crippen LogP contribution in [0.15, 0.2) is 29.3 Å². The first-order valence-electron chi connectivity index (χ1n) is 11.6. The second-order valence-corrected chi connectivity index (χ2v) is 8.86. The summed E-state index contributed by atoms with van der Waals surface area (Å²) in [6.07, 6.45) is 3.99. The van der Waals surface area contributed by atoms with Crippen molar-refractivity contribution in [3.63, 3.8) is 0 Å². The number of unbranched alkanes of at least 4 members (excludes halogenated alkanes) is 1. The maximum Gasteiger partial charge on any atom is 0.220 e. The summed E-state index contributed by atoms with van der Waals surface area (Å²) < 4.78 is 5.76. The number of hydrogen-bond acceptors (Lipinski definition) is 4. The van der Waals surface area contributed by atoms with Crippen LogP contribution < -0.4 is 21.1 Å². The molecule has 1 atom stereocenters. The van der Waals surface area contributed by atoms with Crippen LogP contribution in [-0.4, -0.2) is 56.6 Å². The molecule has 1 aromatic rings. The van der Waals surface area contributed by atoms with Gasteiger partial charge in [0.2, 0.25) is 5.91 Å². The number of aliphatic imine (C=N–C) groups is 1. The Morgan fingerprint density at radius 2 is 1.84 bits per heavy atom. The number of benzene rings is 1. The molecule has 1 aliphatic heterocycles. The van der Waals surface area contributed by atoms with Gasteiger partial charge in [-0.05, 0) is 75.9 Å². The predicted octanol–water partition coefficient (Wildman–Crippen LogP) is 3.54. The van der Waals surface area contributed by atoms with E-state index in [0.29, 0.717) is 5.92 Å². The van der Waals surface area contributed by atoms with Crippen LogP contribution in [0.25, 0.3) is 0 Å². The number of carbonyl (C=O) groups is 1. The Bertz CT molecular complexity index is 688. The van der Waals surface area contributed by atoms with Crippen LogP contribution in [-0.2, 0) is 4.79 Å². The zero-order valence-electron chi connectivity index (χ0n) is 20.1. The number of primary amides is 1. The number of carbonyl (C=O) groups excluding carboxylic acids is 1. The number of nitrogens with two attached hydrogens (primary N) is 1. The highest BCUT2D eigenvalue weighted by atomic mass is 127. The summed E-state index contributed by atoms with van der Waals surface area (Å²) in [5.74, 6) is 2.16. The van der Waals surface area contributed by atoms with Gasteiger partial charge in [-0.3, -0.25) is 9.79 Å². The van der Waals surface area contributed by atoms with Gasteiger partial charge >= 0.3 is 0 Å². The lowest BCUT2D eigenvalue weighted by Gasteiger charge is -2.30. The van der Waals surface area contributed by atoms with Gasteiger partial charge in [0, 0.05) is 19.5 Å². The number of amides is 1. The molecular weight excluding hydrogens is 517 g/mol. The van der Waals surface area contributed by atoms with Crippen LogP contribution in [0.5, 0.6) is 5.75 Å². The summed E-state index contributed by atoms with van der Waals surface area (Å²) in [4.78, 5) is 18.0. The quantitative estimate of drug-likeness (QED) is 0.167. The van der Waals surface area contributed by atoms with Crippen molar-refractivity contribution in [2.75, 3.05) is 39.8 Å². The van der Waals surface area contributed by atoms with Crippen molar-refractivity contribution in [3.8, 4) is 5.75 Å². The highest BCUT2D eigenvalue weighted by molar-refractivity contribution is 14.0. The fourth-order valence-corrected chi connectivity index (χ4v) is 3.71. The van der Waals surface area contributed by atoms with Gasteiger partial charge in [-0.1, -0.05) is 26.0 Å². The Labute approximate surface area is 211 Å². The summed E-state index contributed by atoms with van der Waals surface area (Å²) in [7, 11) is 1.80. The summed E-state index contributed by atoms with van der Waals surface area (Å²) in [5, 5.41) is 6.86. The van der Waals surface area contributed by atoms with Gasteiger partial charge in [0.15, 0.2) is 5.96 Å². The van der Waals surface area contributed by atoms with Crippen molar-refractivity contribution in [2.24, 2.45) is 22.6 Å². The second-order valence-electron chi connectivity index (χ2n) is 8.86. The third-order valence-electron chi connectivity index (χ3n) is 5.72. The van der Waals surface area contributed by atoms with Gasteiger partial charge in [-0.25, -0.2) is 0 Å². The van der Waals surface area contributed by atoms with E-state index in [-0.39, 0.29) is 41.8 Å². The molecule has 1 aromatic carbocycles. The van der Waals surface area contributed by atoms with Crippen molar-refractivity contribution < 1.29 is 9.53 Å². The molecule has 182 valence electrons. The minimum Gasteiger partial charge on any atom is -0.493 e. The van der Waals surface area contributed by atoms with E-state index in [0.717, 1.165) is 70.2 Å². The molecule has 32 heavy (non-hydrogen) atoms. The minimum atomic E-state index is -0.146. The number of piperidine rings is 1. The van der Waals surface area contributed by atoms with E-state index in [2.05, 4.69) is 53.4 Å². The molecule has 2 rings (SSSR count). The van der Waals surface area contributed by atoms with Crippen LogP contribution in [0.3, 0.4) is 0 Å². The van der Waals surface area contributed by atoms with Gasteiger partial charge in [0.1, 0.15) is 5.75 Å². The number of nitrogens with one attached hydrogen (secondary N) is 2. The number of guanidine groups is 1. The molecule has 0 aromatic heterocycles. The van der Waals surface area contributed by atoms with Crippen LogP contribution >= 0.6 is 24.0 Å². The molecule has 0 saturated carbocycles. The summed E-state index contributed by atoms with van der Waals surface area (Å²) in [5.41, 5.74) is 6.60. The molecule has 7 nitrogen and oxygen atoms in total. The first-order chi connectivity index (χ1) is 14.9. The predicted molar refractivity (Wildman–Crippen MR) is 143 cm³/mol. The van der Waals surface area contributed by atoms with Crippen LogP contribution in [0, 0.1) is 11.8 Å². The zero-order chi connectivity index (χ0) is 22.6. The van der Waals surface area contributed by atoms with Gasteiger partial charge in [0.05, 0.1) is 12.6 Å². The number of nitrogens with zero attached hydrogens (tertiary/aromatic N) is 2. The van der Waals surface area contributed by atoms with E-state index >= 15 is 0 Å². The van der Waals surface area contributed by atoms with Gasteiger partial charge < -0.3 is 26.0 Å². The molecule has 1 amide bonds. The SMILES string of the molecule is CN=C(NCCCCN1CCC(C(N)=O)CC1)NC(C)c1ccc(OCC(C)C)cc1.I. The summed E-state index contributed by atoms with van der Waals surface area (Å²) in [6, 6.07) is 8.40. The first kappa shape index (κ1) is 28.5. The van der Waals surface area contributed by atoms with E-state index in [1.165, 1.54) is 5.56 Å². The molecule has 4 N–H and O–H groups in total. The molecule has 0 aliphatic carbocycles.